The number of aromatic nitrogens is 1. The highest BCUT2D eigenvalue weighted by atomic mass is 16.6. The predicted molar refractivity (Wildman–Crippen MR) is 92.7 cm³/mol. The number of hydrogen-bond donors (Lipinski definition) is 0. The third kappa shape index (κ3) is 3.36. The SMILES string of the molecule is Cn1ccc2cccc(C3CCN(C(=O)OC(C)(C)C)CC3)c21. The fourth-order valence-electron chi connectivity index (χ4n) is 3.42. The molecule has 23 heavy (non-hydrogen) atoms. The lowest BCUT2D eigenvalue weighted by Crippen LogP contribution is -2.41. The first-order valence-electron chi connectivity index (χ1n) is 8.37. The van der Waals surface area contributed by atoms with Gasteiger partial charge in [0.2, 0.25) is 0 Å². The topological polar surface area (TPSA) is 34.5 Å². The van der Waals surface area contributed by atoms with Crippen molar-refractivity contribution in [1.82, 2.24) is 9.47 Å². The van der Waals surface area contributed by atoms with Gasteiger partial charge in [-0.25, -0.2) is 4.79 Å². The molecule has 4 heteroatoms. The van der Waals surface area contributed by atoms with Crippen LogP contribution in [0.3, 0.4) is 0 Å². The summed E-state index contributed by atoms with van der Waals surface area (Å²) in [6.45, 7) is 7.26. The van der Waals surface area contributed by atoms with Crippen molar-refractivity contribution in [2.24, 2.45) is 7.05 Å². The van der Waals surface area contributed by atoms with Crippen molar-refractivity contribution < 1.29 is 9.53 Å². The van der Waals surface area contributed by atoms with E-state index in [2.05, 4.69) is 42.1 Å². The number of hydrogen-bond acceptors (Lipinski definition) is 2. The van der Waals surface area contributed by atoms with Gasteiger partial charge in [-0.2, -0.15) is 0 Å². The second-order valence-electron chi connectivity index (χ2n) is 7.45. The summed E-state index contributed by atoms with van der Waals surface area (Å²) < 4.78 is 7.68. The molecule has 2 aromatic rings. The largest absolute Gasteiger partial charge is 0.444 e. The van der Waals surface area contributed by atoms with Gasteiger partial charge in [-0.15, -0.1) is 0 Å². The summed E-state index contributed by atoms with van der Waals surface area (Å²) in [5.41, 5.74) is 2.30. The van der Waals surface area contributed by atoms with Crippen LogP contribution in [0.4, 0.5) is 4.79 Å². The van der Waals surface area contributed by atoms with Crippen LogP contribution < -0.4 is 0 Å². The van der Waals surface area contributed by atoms with Crippen LogP contribution >= 0.6 is 0 Å². The average Bonchev–Trinajstić information content (AvgIpc) is 2.87. The Morgan fingerprint density at radius 3 is 2.52 bits per heavy atom. The number of para-hydroxylation sites is 1. The quantitative estimate of drug-likeness (QED) is 0.787. The van der Waals surface area contributed by atoms with Crippen LogP contribution in [0.1, 0.15) is 45.1 Å². The second kappa shape index (κ2) is 5.91. The number of nitrogens with zero attached hydrogens (tertiary/aromatic N) is 2. The number of rotatable bonds is 1. The molecule has 1 saturated heterocycles. The van der Waals surface area contributed by atoms with Crippen molar-refractivity contribution in [2.75, 3.05) is 13.1 Å². The number of carbonyl (C=O) groups excluding carboxylic acids is 1. The van der Waals surface area contributed by atoms with E-state index in [4.69, 9.17) is 4.74 Å². The Kier molecular flexibility index (Phi) is 4.09. The van der Waals surface area contributed by atoms with Crippen molar-refractivity contribution in [1.29, 1.82) is 0 Å². The van der Waals surface area contributed by atoms with Crippen molar-refractivity contribution in [3.63, 3.8) is 0 Å². The molecular formula is C19H26N2O2. The summed E-state index contributed by atoms with van der Waals surface area (Å²) in [7, 11) is 2.10. The van der Waals surface area contributed by atoms with Gasteiger partial charge in [0.25, 0.3) is 0 Å². The lowest BCUT2D eigenvalue weighted by molar-refractivity contribution is 0.0205. The van der Waals surface area contributed by atoms with E-state index in [0.29, 0.717) is 5.92 Å². The van der Waals surface area contributed by atoms with Crippen molar-refractivity contribution >= 4 is 17.0 Å². The molecule has 0 atom stereocenters. The average molecular weight is 314 g/mol. The van der Waals surface area contributed by atoms with Crippen molar-refractivity contribution in [3.8, 4) is 0 Å². The maximum Gasteiger partial charge on any atom is 0.410 e. The summed E-state index contributed by atoms with van der Waals surface area (Å²) in [6.07, 6.45) is 3.91. The van der Waals surface area contributed by atoms with Gasteiger partial charge in [0.05, 0.1) is 5.52 Å². The molecule has 1 fully saturated rings. The molecule has 1 aromatic carbocycles. The predicted octanol–water partition coefficient (Wildman–Crippen LogP) is 4.29. The summed E-state index contributed by atoms with van der Waals surface area (Å²) >= 11 is 0. The molecule has 0 bridgehead atoms. The van der Waals surface area contributed by atoms with Gasteiger partial charge in [0, 0.05) is 26.3 Å². The van der Waals surface area contributed by atoms with E-state index in [1.807, 2.05) is 25.7 Å². The highest BCUT2D eigenvalue weighted by molar-refractivity contribution is 5.83. The molecule has 0 saturated carbocycles. The van der Waals surface area contributed by atoms with Gasteiger partial charge in [0.15, 0.2) is 0 Å². The molecule has 0 unspecified atom stereocenters. The summed E-state index contributed by atoms with van der Waals surface area (Å²) in [5, 5.41) is 1.29. The first-order chi connectivity index (χ1) is 10.8. The third-order valence-corrected chi connectivity index (χ3v) is 4.52. The van der Waals surface area contributed by atoms with Crippen molar-refractivity contribution in [3.05, 3.63) is 36.0 Å². The van der Waals surface area contributed by atoms with Crippen LogP contribution in [-0.2, 0) is 11.8 Å². The number of amides is 1. The Morgan fingerprint density at radius 2 is 1.87 bits per heavy atom. The Morgan fingerprint density at radius 1 is 1.17 bits per heavy atom. The zero-order valence-electron chi connectivity index (χ0n) is 14.5. The molecule has 1 aromatic heterocycles. The maximum absolute atomic E-state index is 12.2. The lowest BCUT2D eigenvalue weighted by Gasteiger charge is -2.34. The van der Waals surface area contributed by atoms with Crippen LogP contribution in [0.2, 0.25) is 0 Å². The summed E-state index contributed by atoms with van der Waals surface area (Å²) in [4.78, 5) is 14.0. The van der Waals surface area contributed by atoms with E-state index < -0.39 is 5.60 Å². The van der Waals surface area contributed by atoms with E-state index in [0.717, 1.165) is 25.9 Å². The van der Waals surface area contributed by atoms with E-state index >= 15 is 0 Å². The monoisotopic (exact) mass is 314 g/mol. The van der Waals surface area contributed by atoms with E-state index in [-0.39, 0.29) is 6.09 Å². The Bertz CT molecular complexity index is 704. The Labute approximate surface area is 138 Å². The Hall–Kier alpha value is -1.97. The molecule has 0 aliphatic carbocycles. The molecule has 2 heterocycles. The minimum atomic E-state index is -0.428. The van der Waals surface area contributed by atoms with Crippen LogP contribution in [0, 0.1) is 0 Å². The van der Waals surface area contributed by atoms with Gasteiger partial charge in [-0.1, -0.05) is 18.2 Å². The van der Waals surface area contributed by atoms with E-state index in [1.165, 1.54) is 16.5 Å². The van der Waals surface area contributed by atoms with Crippen LogP contribution in [0.5, 0.6) is 0 Å². The number of aryl methyl sites for hydroxylation is 1. The van der Waals surface area contributed by atoms with Crippen LogP contribution in [-0.4, -0.2) is 34.3 Å². The second-order valence-corrected chi connectivity index (χ2v) is 7.45. The van der Waals surface area contributed by atoms with Gasteiger partial charge >= 0.3 is 6.09 Å². The molecule has 3 rings (SSSR count). The normalized spacial score (nSPS) is 16.8. The van der Waals surface area contributed by atoms with Gasteiger partial charge in [-0.3, -0.25) is 0 Å². The minimum absolute atomic E-state index is 0.187. The van der Waals surface area contributed by atoms with Gasteiger partial charge in [-0.05, 0) is 56.5 Å². The molecule has 0 N–H and O–H groups in total. The lowest BCUT2D eigenvalue weighted by atomic mass is 9.88. The Balaban J connectivity index is 1.71. The number of benzene rings is 1. The standard InChI is InChI=1S/C19H26N2O2/c1-19(2,3)23-18(22)21-12-9-14(10-13-21)16-7-5-6-15-8-11-20(4)17(15)16/h5-8,11,14H,9-10,12-13H2,1-4H3. The first-order valence-corrected chi connectivity index (χ1v) is 8.37. The maximum atomic E-state index is 12.2. The fourth-order valence-corrected chi connectivity index (χ4v) is 3.42. The number of fused-ring (bicyclic) bond motifs is 1. The molecule has 1 amide bonds. The summed E-state index contributed by atoms with van der Waals surface area (Å²) in [6, 6.07) is 8.69. The molecule has 1 aliphatic heterocycles. The van der Waals surface area contributed by atoms with Crippen LogP contribution in [0.25, 0.3) is 10.9 Å². The highest BCUT2D eigenvalue weighted by Gasteiger charge is 2.28. The minimum Gasteiger partial charge on any atom is -0.444 e. The molecular weight excluding hydrogens is 288 g/mol. The number of carbonyl (C=O) groups is 1. The third-order valence-electron chi connectivity index (χ3n) is 4.52. The molecule has 4 nitrogen and oxygen atoms in total. The van der Waals surface area contributed by atoms with Crippen molar-refractivity contribution in [2.45, 2.75) is 45.1 Å². The zero-order chi connectivity index (χ0) is 16.6. The van der Waals surface area contributed by atoms with Crippen LogP contribution in [0.15, 0.2) is 30.5 Å². The van der Waals surface area contributed by atoms with E-state index in [1.54, 1.807) is 0 Å². The van der Waals surface area contributed by atoms with Gasteiger partial charge in [0.1, 0.15) is 5.60 Å². The number of ether oxygens (including phenoxy) is 1. The highest BCUT2D eigenvalue weighted by Crippen LogP contribution is 2.33. The molecule has 1 aliphatic rings. The summed E-state index contributed by atoms with van der Waals surface area (Å²) in [5.74, 6) is 0.506. The zero-order valence-corrected chi connectivity index (χ0v) is 14.5. The molecule has 124 valence electrons. The molecule has 0 radical (unpaired) electrons. The smallest absolute Gasteiger partial charge is 0.410 e. The number of likely N-dealkylation sites (tertiary alicyclic amines) is 1. The van der Waals surface area contributed by atoms with Gasteiger partial charge < -0.3 is 14.2 Å². The molecule has 0 spiro atoms. The fraction of sp³-hybridized carbons (Fsp3) is 0.526. The van der Waals surface area contributed by atoms with E-state index in [9.17, 15) is 4.79 Å². The first kappa shape index (κ1) is 15.9. The number of piperidine rings is 1.